The molecule has 1 N–H and O–H groups in total. The van der Waals surface area contributed by atoms with Gasteiger partial charge in [-0.1, -0.05) is 35.0 Å². The minimum atomic E-state index is 0.254. The fourth-order valence-electron chi connectivity index (χ4n) is 1.58. The first kappa shape index (κ1) is 13.7. The first-order valence-electron chi connectivity index (χ1n) is 5.69. The van der Waals surface area contributed by atoms with Crippen LogP contribution in [0.4, 0.5) is 0 Å². The van der Waals surface area contributed by atoms with Gasteiger partial charge in [-0.15, -0.1) is 0 Å². The molecule has 0 saturated carbocycles. The molecular weight excluding hydrogens is 266 g/mol. The highest BCUT2D eigenvalue weighted by Crippen LogP contribution is 2.19. The summed E-state index contributed by atoms with van der Waals surface area (Å²) in [4.78, 5) is 0. The highest BCUT2D eigenvalue weighted by molar-refractivity contribution is 9.10. The normalized spacial score (nSPS) is 14.8. The van der Waals surface area contributed by atoms with Crippen LogP contribution in [-0.4, -0.2) is 19.8 Å². The Labute approximate surface area is 107 Å². The van der Waals surface area contributed by atoms with Gasteiger partial charge in [-0.3, -0.25) is 0 Å². The zero-order chi connectivity index (χ0) is 12.0. The number of hydrogen-bond donors (Lipinski definition) is 1. The van der Waals surface area contributed by atoms with Crippen LogP contribution in [0.1, 0.15) is 31.9 Å². The van der Waals surface area contributed by atoms with Crippen molar-refractivity contribution >= 4 is 15.9 Å². The van der Waals surface area contributed by atoms with E-state index >= 15 is 0 Å². The average molecular weight is 286 g/mol. The van der Waals surface area contributed by atoms with Gasteiger partial charge >= 0.3 is 0 Å². The quantitative estimate of drug-likeness (QED) is 0.864. The third-order valence-corrected chi connectivity index (χ3v) is 3.26. The lowest BCUT2D eigenvalue weighted by molar-refractivity contribution is 0.114. The lowest BCUT2D eigenvalue weighted by atomic mass is 10.0. The second-order valence-corrected chi connectivity index (χ2v) is 4.88. The van der Waals surface area contributed by atoms with Crippen LogP contribution in [0.25, 0.3) is 0 Å². The topological polar surface area (TPSA) is 21.3 Å². The Kier molecular flexibility index (Phi) is 6.03. The summed E-state index contributed by atoms with van der Waals surface area (Å²) in [6, 6.07) is 8.88. The summed E-state index contributed by atoms with van der Waals surface area (Å²) >= 11 is 3.45. The summed E-state index contributed by atoms with van der Waals surface area (Å²) < 4.78 is 6.35. The van der Waals surface area contributed by atoms with Crippen molar-refractivity contribution in [3.8, 4) is 0 Å². The molecule has 0 aliphatic heterocycles. The van der Waals surface area contributed by atoms with E-state index in [0.29, 0.717) is 6.04 Å². The van der Waals surface area contributed by atoms with E-state index in [1.807, 2.05) is 0 Å². The number of ether oxygens (including phenoxy) is 1. The minimum absolute atomic E-state index is 0.254. The number of hydrogen-bond acceptors (Lipinski definition) is 2. The molecule has 0 aliphatic rings. The second kappa shape index (κ2) is 7.05. The van der Waals surface area contributed by atoms with Gasteiger partial charge in [-0.2, -0.15) is 0 Å². The number of nitrogens with one attached hydrogen (secondary N) is 1. The molecule has 0 fully saturated rings. The summed E-state index contributed by atoms with van der Waals surface area (Å²) in [5.41, 5.74) is 1.33. The fourth-order valence-corrected chi connectivity index (χ4v) is 1.85. The van der Waals surface area contributed by atoms with Crippen LogP contribution in [0, 0.1) is 0 Å². The van der Waals surface area contributed by atoms with Gasteiger partial charge in [-0.25, -0.2) is 0 Å². The van der Waals surface area contributed by atoms with Gasteiger partial charge in [0, 0.05) is 24.2 Å². The molecule has 16 heavy (non-hydrogen) atoms. The molecule has 0 aliphatic carbocycles. The third-order valence-electron chi connectivity index (χ3n) is 2.73. The predicted octanol–water partition coefficient (Wildman–Crippen LogP) is 3.52. The number of benzene rings is 1. The van der Waals surface area contributed by atoms with Crippen molar-refractivity contribution in [1.82, 2.24) is 5.32 Å². The van der Waals surface area contributed by atoms with E-state index in [-0.39, 0.29) is 6.10 Å². The lowest BCUT2D eigenvalue weighted by Crippen LogP contribution is -2.29. The van der Waals surface area contributed by atoms with Crippen LogP contribution in [0.3, 0.4) is 0 Å². The highest BCUT2D eigenvalue weighted by atomic mass is 79.9. The van der Waals surface area contributed by atoms with E-state index in [0.717, 1.165) is 17.4 Å². The van der Waals surface area contributed by atoms with Crippen molar-refractivity contribution in [3.05, 3.63) is 34.3 Å². The summed E-state index contributed by atoms with van der Waals surface area (Å²) in [6.45, 7) is 5.14. The predicted molar refractivity (Wildman–Crippen MR) is 71.6 cm³/mol. The molecule has 0 radical (unpaired) electrons. The molecule has 0 saturated heterocycles. The number of rotatable bonds is 6. The minimum Gasteiger partial charge on any atom is -0.380 e. The first-order valence-corrected chi connectivity index (χ1v) is 6.48. The molecule has 1 rings (SSSR count). The zero-order valence-corrected chi connectivity index (χ0v) is 11.8. The summed E-state index contributed by atoms with van der Waals surface area (Å²) in [5, 5.41) is 3.52. The van der Waals surface area contributed by atoms with Gasteiger partial charge in [0.05, 0.1) is 6.10 Å². The Balaban J connectivity index is 2.57. The van der Waals surface area contributed by atoms with Gasteiger partial charge in [0.1, 0.15) is 0 Å². The Morgan fingerprint density at radius 2 is 1.94 bits per heavy atom. The molecule has 0 bridgehead atoms. The Hall–Kier alpha value is -0.380. The van der Waals surface area contributed by atoms with Gasteiger partial charge < -0.3 is 10.1 Å². The van der Waals surface area contributed by atoms with E-state index in [4.69, 9.17) is 4.74 Å². The zero-order valence-electron chi connectivity index (χ0n) is 10.2. The molecular formula is C13H20BrNO. The van der Waals surface area contributed by atoms with Crippen LogP contribution in [-0.2, 0) is 4.74 Å². The first-order chi connectivity index (χ1) is 7.67. The van der Waals surface area contributed by atoms with Crippen molar-refractivity contribution < 1.29 is 4.74 Å². The van der Waals surface area contributed by atoms with Crippen molar-refractivity contribution in [2.75, 3.05) is 13.7 Å². The summed E-state index contributed by atoms with van der Waals surface area (Å²) in [5.74, 6) is 0. The maximum atomic E-state index is 5.23. The molecule has 0 amide bonds. The maximum absolute atomic E-state index is 5.23. The highest BCUT2D eigenvalue weighted by Gasteiger charge is 2.09. The maximum Gasteiger partial charge on any atom is 0.0667 e. The largest absolute Gasteiger partial charge is 0.380 e. The molecule has 90 valence electrons. The third kappa shape index (κ3) is 4.24. The Morgan fingerprint density at radius 1 is 1.31 bits per heavy atom. The van der Waals surface area contributed by atoms with Crippen molar-refractivity contribution in [1.29, 1.82) is 0 Å². The molecule has 2 nitrogen and oxygen atoms in total. The molecule has 3 heteroatoms. The molecule has 1 aromatic carbocycles. The van der Waals surface area contributed by atoms with Crippen LogP contribution < -0.4 is 5.32 Å². The SMILES string of the molecule is CCC(NCC(C)OC)c1ccc(Br)cc1. The molecule has 0 heterocycles. The van der Waals surface area contributed by atoms with Crippen LogP contribution in [0.15, 0.2) is 28.7 Å². The Bertz CT molecular complexity index is 299. The lowest BCUT2D eigenvalue weighted by Gasteiger charge is -2.19. The molecule has 1 aromatic rings. The van der Waals surface area contributed by atoms with E-state index < -0.39 is 0 Å². The standard InChI is InChI=1S/C13H20BrNO/c1-4-13(15-9-10(2)16-3)11-5-7-12(14)8-6-11/h5-8,10,13,15H,4,9H2,1-3H3. The van der Waals surface area contributed by atoms with E-state index in [2.05, 4.69) is 59.4 Å². The molecule has 0 aromatic heterocycles. The second-order valence-electron chi connectivity index (χ2n) is 3.97. The van der Waals surface area contributed by atoms with Crippen molar-refractivity contribution in [2.24, 2.45) is 0 Å². The van der Waals surface area contributed by atoms with E-state index in [1.54, 1.807) is 7.11 Å². The van der Waals surface area contributed by atoms with Crippen molar-refractivity contribution in [2.45, 2.75) is 32.4 Å². The number of halogens is 1. The molecule has 2 atom stereocenters. The summed E-state index contributed by atoms with van der Waals surface area (Å²) in [7, 11) is 1.74. The van der Waals surface area contributed by atoms with Gasteiger partial charge in [0.15, 0.2) is 0 Å². The Morgan fingerprint density at radius 3 is 2.44 bits per heavy atom. The fraction of sp³-hybridized carbons (Fsp3) is 0.538. The van der Waals surface area contributed by atoms with Crippen LogP contribution in [0.2, 0.25) is 0 Å². The molecule has 2 unspecified atom stereocenters. The van der Waals surface area contributed by atoms with Crippen LogP contribution in [0.5, 0.6) is 0 Å². The van der Waals surface area contributed by atoms with Gasteiger partial charge in [0.2, 0.25) is 0 Å². The van der Waals surface area contributed by atoms with Gasteiger partial charge in [0.25, 0.3) is 0 Å². The monoisotopic (exact) mass is 285 g/mol. The molecule has 0 spiro atoms. The van der Waals surface area contributed by atoms with E-state index in [9.17, 15) is 0 Å². The van der Waals surface area contributed by atoms with Crippen molar-refractivity contribution in [3.63, 3.8) is 0 Å². The number of methoxy groups -OCH3 is 1. The van der Waals surface area contributed by atoms with Crippen LogP contribution >= 0.6 is 15.9 Å². The summed E-state index contributed by atoms with van der Waals surface area (Å²) in [6.07, 6.45) is 1.34. The van der Waals surface area contributed by atoms with Gasteiger partial charge in [-0.05, 0) is 31.0 Å². The smallest absolute Gasteiger partial charge is 0.0667 e. The van der Waals surface area contributed by atoms with E-state index in [1.165, 1.54) is 5.56 Å². The average Bonchev–Trinajstić information content (AvgIpc) is 2.31.